The number of amides is 2. The lowest BCUT2D eigenvalue weighted by atomic mass is 9.61. The van der Waals surface area contributed by atoms with Crippen molar-refractivity contribution in [1.82, 2.24) is 20.0 Å². The fourth-order valence-electron chi connectivity index (χ4n) is 6.51. The van der Waals surface area contributed by atoms with Crippen LogP contribution in [0, 0.1) is 23.2 Å². The van der Waals surface area contributed by atoms with E-state index < -0.39 is 0 Å². The SMILES string of the molecule is C=C[C@]1(C)CC[C@@H]2C[C@H]1C(=C)CN1CC(C1)C(=O)NCCCCCC(=O)N1CCN(CC1)CC2=C. The maximum absolute atomic E-state index is 12.6. The van der Waals surface area contributed by atoms with Gasteiger partial charge in [-0.1, -0.05) is 43.7 Å². The van der Waals surface area contributed by atoms with E-state index in [1.165, 1.54) is 11.1 Å². The zero-order valence-corrected chi connectivity index (χ0v) is 21.9. The molecule has 3 atom stereocenters. The summed E-state index contributed by atoms with van der Waals surface area (Å²) in [6.07, 6.45) is 8.92. The summed E-state index contributed by atoms with van der Waals surface area (Å²) >= 11 is 0. The van der Waals surface area contributed by atoms with Gasteiger partial charge in [0.1, 0.15) is 0 Å². The van der Waals surface area contributed by atoms with E-state index in [9.17, 15) is 9.59 Å². The predicted octanol–water partition coefficient (Wildman–Crippen LogP) is 3.47. The van der Waals surface area contributed by atoms with E-state index in [4.69, 9.17) is 0 Å². The van der Waals surface area contributed by atoms with Crippen molar-refractivity contribution in [3.05, 3.63) is 37.0 Å². The van der Waals surface area contributed by atoms with Crippen LogP contribution >= 0.6 is 0 Å². The number of carbonyl (C=O) groups excluding carboxylic acids is 2. The van der Waals surface area contributed by atoms with Gasteiger partial charge in [0.25, 0.3) is 0 Å². The monoisotopic (exact) mass is 482 g/mol. The molecule has 0 aromatic carbocycles. The van der Waals surface area contributed by atoms with Crippen molar-refractivity contribution in [3.63, 3.8) is 0 Å². The lowest BCUT2D eigenvalue weighted by Gasteiger charge is -2.47. The molecule has 1 aliphatic carbocycles. The zero-order valence-electron chi connectivity index (χ0n) is 21.9. The summed E-state index contributed by atoms with van der Waals surface area (Å²) in [5.41, 5.74) is 2.67. The summed E-state index contributed by atoms with van der Waals surface area (Å²) in [6, 6.07) is 0. The van der Waals surface area contributed by atoms with E-state index in [-0.39, 0.29) is 23.1 Å². The average molecular weight is 483 g/mol. The van der Waals surface area contributed by atoms with Crippen LogP contribution in [0.3, 0.4) is 0 Å². The van der Waals surface area contributed by atoms with Crippen LogP contribution in [0.1, 0.15) is 51.9 Å². The molecule has 0 unspecified atom stereocenters. The van der Waals surface area contributed by atoms with Crippen molar-refractivity contribution in [1.29, 1.82) is 0 Å². The molecular formula is C29H46N4O2. The first-order valence-electron chi connectivity index (χ1n) is 13.8. The van der Waals surface area contributed by atoms with Gasteiger partial charge < -0.3 is 10.2 Å². The van der Waals surface area contributed by atoms with Gasteiger partial charge in [0, 0.05) is 65.3 Å². The van der Waals surface area contributed by atoms with Crippen molar-refractivity contribution >= 4 is 11.8 Å². The minimum atomic E-state index is 0.0647. The topological polar surface area (TPSA) is 55.9 Å². The summed E-state index contributed by atoms with van der Waals surface area (Å²) in [4.78, 5) is 32.1. The van der Waals surface area contributed by atoms with E-state index in [0.29, 0.717) is 24.8 Å². The number of nitrogens with zero attached hydrogens (tertiary/aromatic N) is 3. The molecule has 6 heterocycles. The van der Waals surface area contributed by atoms with Gasteiger partial charge in [-0.3, -0.25) is 19.4 Å². The highest BCUT2D eigenvalue weighted by atomic mass is 16.2. The molecule has 0 aromatic heterocycles. The van der Waals surface area contributed by atoms with Gasteiger partial charge in [-0.25, -0.2) is 0 Å². The highest BCUT2D eigenvalue weighted by Gasteiger charge is 2.41. The van der Waals surface area contributed by atoms with E-state index >= 15 is 0 Å². The van der Waals surface area contributed by atoms with Crippen LogP contribution in [0.2, 0.25) is 0 Å². The fraction of sp³-hybridized carbons (Fsp3) is 0.724. The number of rotatable bonds is 1. The Morgan fingerprint density at radius 1 is 0.943 bits per heavy atom. The first-order valence-corrected chi connectivity index (χ1v) is 13.8. The second-order valence-corrected chi connectivity index (χ2v) is 11.7. The number of hydrogen-bond donors (Lipinski definition) is 1. The number of carbonyl (C=O) groups is 2. The first kappa shape index (κ1) is 26.2. The molecule has 7 rings (SSSR count). The van der Waals surface area contributed by atoms with Gasteiger partial charge >= 0.3 is 0 Å². The molecule has 0 radical (unpaired) electrons. The molecule has 1 N–H and O–H groups in total. The largest absolute Gasteiger partial charge is 0.356 e. The number of nitrogens with one attached hydrogen (secondary N) is 1. The minimum absolute atomic E-state index is 0.0647. The third-order valence-electron chi connectivity index (χ3n) is 9.16. The average Bonchev–Trinajstić information content (AvgIpc) is 2.82. The molecule has 6 bridgehead atoms. The lowest BCUT2D eigenvalue weighted by molar-refractivity contribution is -0.133. The molecule has 194 valence electrons. The number of allylic oxidation sites excluding steroid dienone is 1. The third kappa shape index (κ3) is 6.26. The van der Waals surface area contributed by atoms with Crippen LogP contribution in [-0.4, -0.2) is 85.4 Å². The Hall–Kier alpha value is -1.92. The highest BCUT2D eigenvalue weighted by Crippen LogP contribution is 2.49. The molecule has 7 aliphatic rings. The van der Waals surface area contributed by atoms with Crippen LogP contribution in [0.25, 0.3) is 0 Å². The normalized spacial score (nSPS) is 38.1. The molecule has 6 heteroatoms. The Labute approximate surface area is 212 Å². The third-order valence-corrected chi connectivity index (χ3v) is 9.16. The smallest absolute Gasteiger partial charge is 0.225 e. The number of piperazine rings is 1. The van der Waals surface area contributed by atoms with E-state index in [1.54, 1.807) is 0 Å². The second-order valence-electron chi connectivity index (χ2n) is 11.7. The van der Waals surface area contributed by atoms with Gasteiger partial charge in [-0.05, 0) is 49.4 Å². The standard InChI is InChI=1S/C29H46N4O2/c1-5-29(4)11-10-24-17-26(29)23(3)19-32-20-25(21-32)28(35)30-12-8-6-7-9-27(34)33-15-13-31(14-16-33)18-22(24)2/h5,24-26H,1-3,6-21H2,4H3,(H,30,35)/t24-,26+,29-/m1/s1. The van der Waals surface area contributed by atoms with Crippen LogP contribution in [0.5, 0.6) is 0 Å². The predicted molar refractivity (Wildman–Crippen MR) is 142 cm³/mol. The molecule has 0 spiro atoms. The van der Waals surface area contributed by atoms with Gasteiger partial charge in [-0.15, -0.1) is 6.58 Å². The maximum atomic E-state index is 12.6. The Morgan fingerprint density at radius 3 is 2.37 bits per heavy atom. The Morgan fingerprint density at radius 2 is 1.66 bits per heavy atom. The molecule has 6 nitrogen and oxygen atoms in total. The molecular weight excluding hydrogens is 436 g/mol. The van der Waals surface area contributed by atoms with Gasteiger partial charge in [0.05, 0.1) is 5.92 Å². The van der Waals surface area contributed by atoms with Crippen molar-refractivity contribution < 1.29 is 9.59 Å². The maximum Gasteiger partial charge on any atom is 0.225 e. The molecule has 2 amide bonds. The minimum Gasteiger partial charge on any atom is -0.356 e. The van der Waals surface area contributed by atoms with Crippen molar-refractivity contribution in [2.75, 3.05) is 58.9 Å². The highest BCUT2D eigenvalue weighted by molar-refractivity contribution is 5.80. The summed E-state index contributed by atoms with van der Waals surface area (Å²) in [5.74, 6) is 1.42. The van der Waals surface area contributed by atoms with Crippen molar-refractivity contribution in [2.24, 2.45) is 23.2 Å². The Kier molecular flexibility index (Phi) is 8.54. The fourth-order valence-corrected chi connectivity index (χ4v) is 6.51. The first-order chi connectivity index (χ1) is 16.8. The van der Waals surface area contributed by atoms with Crippen LogP contribution in [0.4, 0.5) is 0 Å². The molecule has 1 saturated carbocycles. The molecule has 7 fully saturated rings. The molecule has 0 aromatic rings. The number of hydrogen-bond acceptors (Lipinski definition) is 4. The second kappa shape index (κ2) is 11.4. The summed E-state index contributed by atoms with van der Waals surface area (Å²) < 4.78 is 0. The Bertz CT molecular complexity index is 825. The molecule has 6 saturated heterocycles. The lowest BCUT2D eigenvalue weighted by Crippen LogP contribution is -2.54. The quantitative estimate of drug-likeness (QED) is 0.582. The summed E-state index contributed by atoms with van der Waals surface area (Å²) in [6.45, 7) is 23.2. The molecule has 35 heavy (non-hydrogen) atoms. The van der Waals surface area contributed by atoms with Crippen molar-refractivity contribution in [3.8, 4) is 0 Å². The van der Waals surface area contributed by atoms with Crippen molar-refractivity contribution in [2.45, 2.75) is 51.9 Å². The van der Waals surface area contributed by atoms with Crippen LogP contribution in [-0.2, 0) is 9.59 Å². The van der Waals surface area contributed by atoms with Gasteiger partial charge in [0.2, 0.25) is 11.8 Å². The van der Waals surface area contributed by atoms with Crippen LogP contribution < -0.4 is 5.32 Å². The van der Waals surface area contributed by atoms with Gasteiger partial charge in [0.15, 0.2) is 0 Å². The van der Waals surface area contributed by atoms with E-state index in [0.717, 1.165) is 90.9 Å². The van der Waals surface area contributed by atoms with Crippen LogP contribution in [0.15, 0.2) is 37.0 Å². The summed E-state index contributed by atoms with van der Waals surface area (Å²) in [5, 5.41) is 3.11. The van der Waals surface area contributed by atoms with Gasteiger partial charge in [-0.2, -0.15) is 0 Å². The zero-order chi connectivity index (χ0) is 25.0. The summed E-state index contributed by atoms with van der Waals surface area (Å²) in [7, 11) is 0. The van der Waals surface area contributed by atoms with E-state index in [1.807, 2.05) is 4.90 Å². The Balaban J connectivity index is 1.42. The molecule has 6 aliphatic heterocycles. The van der Waals surface area contributed by atoms with E-state index in [2.05, 4.69) is 47.9 Å².